The van der Waals surface area contributed by atoms with Crippen LogP contribution in [0.3, 0.4) is 0 Å². The summed E-state index contributed by atoms with van der Waals surface area (Å²) in [7, 11) is 0. The molecule has 0 aliphatic rings. The van der Waals surface area contributed by atoms with Crippen LogP contribution in [0, 0.1) is 13.8 Å². The van der Waals surface area contributed by atoms with Crippen LogP contribution in [0.1, 0.15) is 25.0 Å². The summed E-state index contributed by atoms with van der Waals surface area (Å²) in [4.78, 5) is 0. The van der Waals surface area contributed by atoms with Gasteiger partial charge in [0.15, 0.2) is 0 Å². The van der Waals surface area contributed by atoms with E-state index in [-0.39, 0.29) is 5.54 Å². The Morgan fingerprint density at radius 1 is 1.18 bits per heavy atom. The van der Waals surface area contributed by atoms with Gasteiger partial charge in [0.1, 0.15) is 12.4 Å². The monoisotopic (exact) mass is 237 g/mol. The molecule has 96 valence electrons. The fourth-order valence-electron chi connectivity index (χ4n) is 1.43. The van der Waals surface area contributed by atoms with Crippen LogP contribution in [0.25, 0.3) is 0 Å². The molecule has 0 saturated heterocycles. The number of benzene rings is 1. The van der Waals surface area contributed by atoms with Crippen LogP contribution in [0.4, 0.5) is 0 Å². The maximum Gasteiger partial charge on any atom is 0.122 e. The van der Waals surface area contributed by atoms with Crippen molar-refractivity contribution in [2.75, 3.05) is 19.8 Å². The van der Waals surface area contributed by atoms with Crippen molar-refractivity contribution in [2.45, 2.75) is 33.2 Å². The number of rotatable bonds is 6. The van der Waals surface area contributed by atoms with Gasteiger partial charge in [-0.2, -0.15) is 0 Å². The van der Waals surface area contributed by atoms with Crippen LogP contribution in [-0.2, 0) is 4.74 Å². The van der Waals surface area contributed by atoms with Gasteiger partial charge in [0, 0.05) is 5.54 Å². The summed E-state index contributed by atoms with van der Waals surface area (Å²) >= 11 is 0. The van der Waals surface area contributed by atoms with E-state index in [1.54, 1.807) is 0 Å². The molecule has 0 atom stereocenters. The maximum atomic E-state index is 5.81. The van der Waals surface area contributed by atoms with Gasteiger partial charge in [-0.3, -0.25) is 0 Å². The summed E-state index contributed by atoms with van der Waals surface area (Å²) in [6.45, 7) is 9.69. The first-order chi connectivity index (χ1) is 7.90. The van der Waals surface area contributed by atoms with Gasteiger partial charge in [0.2, 0.25) is 0 Å². The lowest BCUT2D eigenvalue weighted by Gasteiger charge is -2.18. The van der Waals surface area contributed by atoms with Crippen molar-refractivity contribution in [2.24, 2.45) is 5.73 Å². The van der Waals surface area contributed by atoms with E-state index in [0.717, 1.165) is 5.75 Å². The SMILES string of the molecule is Cc1cccc(OCCOCC(C)(C)N)c1C. The fourth-order valence-corrected chi connectivity index (χ4v) is 1.43. The molecule has 0 amide bonds. The molecule has 0 radical (unpaired) electrons. The van der Waals surface area contributed by atoms with Gasteiger partial charge in [-0.05, 0) is 44.9 Å². The largest absolute Gasteiger partial charge is 0.491 e. The zero-order valence-electron chi connectivity index (χ0n) is 11.2. The Labute approximate surface area is 104 Å². The van der Waals surface area contributed by atoms with E-state index in [9.17, 15) is 0 Å². The number of aryl methyl sites for hydroxylation is 1. The molecule has 0 saturated carbocycles. The zero-order chi connectivity index (χ0) is 12.9. The van der Waals surface area contributed by atoms with Gasteiger partial charge in [0.05, 0.1) is 13.2 Å². The van der Waals surface area contributed by atoms with Crippen LogP contribution < -0.4 is 10.5 Å². The van der Waals surface area contributed by atoms with E-state index < -0.39 is 0 Å². The molecule has 2 N–H and O–H groups in total. The second-order valence-electron chi connectivity index (χ2n) is 5.09. The van der Waals surface area contributed by atoms with Gasteiger partial charge in [-0.1, -0.05) is 12.1 Å². The summed E-state index contributed by atoms with van der Waals surface area (Å²) in [6.07, 6.45) is 0. The topological polar surface area (TPSA) is 44.5 Å². The molecule has 1 aromatic carbocycles. The van der Waals surface area contributed by atoms with Gasteiger partial charge < -0.3 is 15.2 Å². The van der Waals surface area contributed by atoms with Crippen LogP contribution in [0.15, 0.2) is 18.2 Å². The molecule has 0 bridgehead atoms. The van der Waals surface area contributed by atoms with Crippen molar-refractivity contribution in [3.8, 4) is 5.75 Å². The molecule has 0 spiro atoms. The Kier molecular flexibility index (Phi) is 4.97. The van der Waals surface area contributed by atoms with Gasteiger partial charge in [-0.15, -0.1) is 0 Å². The minimum Gasteiger partial charge on any atom is -0.491 e. The first-order valence-electron chi connectivity index (χ1n) is 5.96. The third-order valence-corrected chi connectivity index (χ3v) is 2.51. The molecular formula is C14H23NO2. The smallest absolute Gasteiger partial charge is 0.122 e. The third-order valence-electron chi connectivity index (χ3n) is 2.51. The van der Waals surface area contributed by atoms with E-state index in [1.807, 2.05) is 26.0 Å². The molecule has 1 aromatic rings. The molecule has 17 heavy (non-hydrogen) atoms. The van der Waals surface area contributed by atoms with Gasteiger partial charge in [-0.25, -0.2) is 0 Å². The molecule has 3 heteroatoms. The highest BCUT2D eigenvalue weighted by atomic mass is 16.5. The lowest BCUT2D eigenvalue weighted by molar-refractivity contribution is 0.0722. The highest BCUT2D eigenvalue weighted by Crippen LogP contribution is 2.20. The number of hydrogen-bond donors (Lipinski definition) is 1. The first-order valence-corrected chi connectivity index (χ1v) is 5.96. The number of hydrogen-bond acceptors (Lipinski definition) is 3. The summed E-state index contributed by atoms with van der Waals surface area (Å²) in [5, 5.41) is 0. The second kappa shape index (κ2) is 6.03. The summed E-state index contributed by atoms with van der Waals surface area (Å²) in [6, 6.07) is 6.06. The molecule has 3 nitrogen and oxygen atoms in total. The Hall–Kier alpha value is -1.06. The van der Waals surface area contributed by atoms with Crippen molar-refractivity contribution >= 4 is 0 Å². The lowest BCUT2D eigenvalue weighted by atomic mass is 10.1. The molecular weight excluding hydrogens is 214 g/mol. The normalized spacial score (nSPS) is 11.6. The van der Waals surface area contributed by atoms with Crippen LogP contribution in [0.2, 0.25) is 0 Å². The summed E-state index contributed by atoms with van der Waals surface area (Å²) < 4.78 is 11.1. The van der Waals surface area contributed by atoms with Crippen molar-refractivity contribution in [1.82, 2.24) is 0 Å². The Morgan fingerprint density at radius 2 is 1.88 bits per heavy atom. The fraction of sp³-hybridized carbons (Fsp3) is 0.571. The van der Waals surface area contributed by atoms with Crippen molar-refractivity contribution in [3.63, 3.8) is 0 Å². The Bertz CT molecular complexity index is 356. The molecule has 1 rings (SSSR count). The Morgan fingerprint density at radius 3 is 2.53 bits per heavy atom. The highest BCUT2D eigenvalue weighted by Gasteiger charge is 2.10. The molecule has 0 heterocycles. The van der Waals surface area contributed by atoms with Crippen LogP contribution in [0.5, 0.6) is 5.75 Å². The lowest BCUT2D eigenvalue weighted by Crippen LogP contribution is -2.37. The van der Waals surface area contributed by atoms with Crippen molar-refractivity contribution < 1.29 is 9.47 Å². The second-order valence-corrected chi connectivity index (χ2v) is 5.09. The molecule has 0 aliphatic carbocycles. The van der Waals surface area contributed by atoms with E-state index in [1.165, 1.54) is 11.1 Å². The first kappa shape index (κ1) is 14.0. The predicted molar refractivity (Wildman–Crippen MR) is 70.5 cm³/mol. The minimum atomic E-state index is -0.279. The van der Waals surface area contributed by atoms with Crippen molar-refractivity contribution in [3.05, 3.63) is 29.3 Å². The van der Waals surface area contributed by atoms with E-state index in [4.69, 9.17) is 15.2 Å². The standard InChI is InChI=1S/C14H23NO2/c1-11-6-5-7-13(12(11)2)17-9-8-16-10-14(3,4)15/h5-7H,8-10,15H2,1-4H3. The summed E-state index contributed by atoms with van der Waals surface area (Å²) in [5.41, 5.74) is 7.96. The van der Waals surface area contributed by atoms with Crippen LogP contribution in [-0.4, -0.2) is 25.4 Å². The zero-order valence-corrected chi connectivity index (χ0v) is 11.2. The van der Waals surface area contributed by atoms with E-state index in [0.29, 0.717) is 19.8 Å². The Balaban J connectivity index is 2.29. The quantitative estimate of drug-likeness (QED) is 0.773. The average molecular weight is 237 g/mol. The minimum absolute atomic E-state index is 0.279. The van der Waals surface area contributed by atoms with Gasteiger partial charge in [0.25, 0.3) is 0 Å². The molecule has 0 aliphatic heterocycles. The van der Waals surface area contributed by atoms with Gasteiger partial charge >= 0.3 is 0 Å². The average Bonchev–Trinajstić information content (AvgIpc) is 2.22. The molecule has 0 fully saturated rings. The molecule has 0 unspecified atom stereocenters. The highest BCUT2D eigenvalue weighted by molar-refractivity contribution is 5.38. The van der Waals surface area contributed by atoms with Crippen molar-refractivity contribution in [1.29, 1.82) is 0 Å². The maximum absolute atomic E-state index is 5.81. The third kappa shape index (κ3) is 5.20. The predicted octanol–water partition coefficient (Wildman–Crippen LogP) is 2.44. The summed E-state index contributed by atoms with van der Waals surface area (Å²) in [5.74, 6) is 0.931. The number of ether oxygens (including phenoxy) is 2. The molecule has 0 aromatic heterocycles. The van der Waals surface area contributed by atoms with Crippen LogP contribution >= 0.6 is 0 Å². The number of nitrogens with two attached hydrogens (primary N) is 1. The van der Waals surface area contributed by atoms with E-state index >= 15 is 0 Å². The van der Waals surface area contributed by atoms with E-state index in [2.05, 4.69) is 19.9 Å².